The van der Waals surface area contributed by atoms with Crippen LogP contribution in [-0.2, 0) is 6.42 Å². The molecule has 0 aromatic heterocycles. The Bertz CT molecular complexity index is 291. The van der Waals surface area contributed by atoms with Crippen LogP contribution in [0.3, 0.4) is 0 Å². The number of hydrogen-bond acceptors (Lipinski definition) is 1. The Kier molecular flexibility index (Phi) is 3.50. The zero-order chi connectivity index (χ0) is 9.14. The second-order valence-electron chi connectivity index (χ2n) is 2.40. The van der Waals surface area contributed by atoms with E-state index in [4.69, 9.17) is 17.3 Å². The van der Waals surface area contributed by atoms with Crippen molar-refractivity contribution in [2.45, 2.75) is 6.42 Å². The molecule has 0 saturated heterocycles. The van der Waals surface area contributed by atoms with E-state index < -0.39 is 5.82 Å². The molecular formula is C8H8BrClFN. The van der Waals surface area contributed by atoms with Crippen molar-refractivity contribution >= 4 is 27.5 Å². The maximum atomic E-state index is 13.0. The Labute approximate surface area is 83.8 Å². The monoisotopic (exact) mass is 251 g/mol. The molecule has 0 spiro atoms. The van der Waals surface area contributed by atoms with E-state index in [9.17, 15) is 4.39 Å². The summed E-state index contributed by atoms with van der Waals surface area (Å²) < 4.78 is 13.6. The highest BCUT2D eigenvalue weighted by Gasteiger charge is 2.06. The van der Waals surface area contributed by atoms with Gasteiger partial charge in [-0.05, 0) is 30.7 Å². The topological polar surface area (TPSA) is 26.0 Å². The fourth-order valence-corrected chi connectivity index (χ4v) is 1.63. The van der Waals surface area contributed by atoms with Gasteiger partial charge < -0.3 is 5.73 Å². The van der Waals surface area contributed by atoms with Crippen molar-refractivity contribution in [1.82, 2.24) is 0 Å². The van der Waals surface area contributed by atoms with E-state index in [1.54, 1.807) is 6.07 Å². The van der Waals surface area contributed by atoms with Crippen LogP contribution in [0.5, 0.6) is 0 Å². The Morgan fingerprint density at radius 1 is 1.50 bits per heavy atom. The summed E-state index contributed by atoms with van der Waals surface area (Å²) in [7, 11) is 0. The second kappa shape index (κ2) is 4.21. The van der Waals surface area contributed by atoms with E-state index in [1.165, 1.54) is 6.07 Å². The van der Waals surface area contributed by atoms with Gasteiger partial charge in [0.05, 0.1) is 5.02 Å². The van der Waals surface area contributed by atoms with Gasteiger partial charge in [-0.1, -0.05) is 27.5 Å². The Morgan fingerprint density at radius 3 is 2.75 bits per heavy atom. The first-order valence-corrected chi connectivity index (χ1v) is 4.65. The first-order valence-electron chi connectivity index (χ1n) is 3.48. The van der Waals surface area contributed by atoms with E-state index in [0.29, 0.717) is 17.4 Å². The zero-order valence-electron chi connectivity index (χ0n) is 6.28. The molecule has 1 aromatic rings. The van der Waals surface area contributed by atoms with Crippen molar-refractivity contribution in [1.29, 1.82) is 0 Å². The number of halogens is 3. The summed E-state index contributed by atoms with van der Waals surface area (Å²) in [5, 5.41) is 0.170. The van der Waals surface area contributed by atoms with Gasteiger partial charge in [-0.2, -0.15) is 0 Å². The maximum Gasteiger partial charge on any atom is 0.143 e. The van der Waals surface area contributed by atoms with Gasteiger partial charge in [0.2, 0.25) is 0 Å². The predicted molar refractivity (Wildman–Crippen MR) is 51.9 cm³/mol. The third-order valence-corrected chi connectivity index (χ3v) is 2.36. The van der Waals surface area contributed by atoms with Crippen LogP contribution in [0.2, 0.25) is 5.02 Å². The van der Waals surface area contributed by atoms with Crippen LogP contribution in [0.1, 0.15) is 5.56 Å². The SMILES string of the molecule is NCCc1cc(Br)cc(F)c1Cl. The average Bonchev–Trinajstić information content (AvgIpc) is 2.00. The molecule has 0 unspecified atom stereocenters. The van der Waals surface area contributed by atoms with Crippen molar-refractivity contribution in [3.05, 3.63) is 33.0 Å². The summed E-state index contributed by atoms with van der Waals surface area (Å²) in [5.41, 5.74) is 6.07. The number of benzene rings is 1. The lowest BCUT2D eigenvalue weighted by atomic mass is 10.1. The van der Waals surface area contributed by atoms with E-state index in [-0.39, 0.29) is 5.02 Å². The Morgan fingerprint density at radius 2 is 2.17 bits per heavy atom. The molecular weight excluding hydrogens is 244 g/mol. The van der Waals surface area contributed by atoms with Gasteiger partial charge in [-0.15, -0.1) is 0 Å². The molecule has 1 nitrogen and oxygen atoms in total. The van der Waals surface area contributed by atoms with Crippen LogP contribution in [0.4, 0.5) is 4.39 Å². The predicted octanol–water partition coefficient (Wildman–Crippen LogP) is 2.74. The van der Waals surface area contributed by atoms with Gasteiger partial charge in [0.25, 0.3) is 0 Å². The van der Waals surface area contributed by atoms with Gasteiger partial charge in [-0.25, -0.2) is 4.39 Å². The standard InChI is InChI=1S/C8H8BrClFN/c9-6-3-5(1-2-12)8(10)7(11)4-6/h3-4H,1-2,12H2. The molecule has 0 heterocycles. The molecule has 0 amide bonds. The molecule has 0 bridgehead atoms. The lowest BCUT2D eigenvalue weighted by Crippen LogP contribution is -2.03. The molecule has 12 heavy (non-hydrogen) atoms. The fourth-order valence-electron chi connectivity index (χ4n) is 0.947. The molecule has 0 aliphatic rings. The molecule has 0 aliphatic heterocycles. The van der Waals surface area contributed by atoms with Gasteiger partial charge in [0.1, 0.15) is 5.82 Å². The summed E-state index contributed by atoms with van der Waals surface area (Å²) in [6, 6.07) is 3.11. The molecule has 0 fully saturated rings. The third kappa shape index (κ3) is 2.19. The molecule has 1 aromatic carbocycles. The van der Waals surface area contributed by atoms with Crippen LogP contribution in [-0.4, -0.2) is 6.54 Å². The van der Waals surface area contributed by atoms with E-state index in [2.05, 4.69) is 15.9 Å². The highest BCUT2D eigenvalue weighted by molar-refractivity contribution is 9.10. The van der Waals surface area contributed by atoms with Gasteiger partial charge in [0.15, 0.2) is 0 Å². The van der Waals surface area contributed by atoms with Crippen molar-refractivity contribution in [3.63, 3.8) is 0 Å². The first-order chi connectivity index (χ1) is 5.65. The molecule has 0 atom stereocenters. The molecule has 1 rings (SSSR count). The normalized spacial score (nSPS) is 10.3. The second-order valence-corrected chi connectivity index (χ2v) is 3.69. The minimum Gasteiger partial charge on any atom is -0.330 e. The lowest BCUT2D eigenvalue weighted by molar-refractivity contribution is 0.625. The molecule has 4 heteroatoms. The molecule has 66 valence electrons. The van der Waals surface area contributed by atoms with Crippen LogP contribution >= 0.6 is 27.5 Å². The summed E-state index contributed by atoms with van der Waals surface area (Å²) >= 11 is 8.87. The van der Waals surface area contributed by atoms with Gasteiger partial charge in [0, 0.05) is 4.47 Å². The highest BCUT2D eigenvalue weighted by atomic mass is 79.9. The van der Waals surface area contributed by atoms with Crippen molar-refractivity contribution in [2.24, 2.45) is 5.73 Å². The Balaban J connectivity index is 3.09. The first kappa shape index (κ1) is 9.96. The van der Waals surface area contributed by atoms with E-state index in [1.807, 2.05) is 0 Å². The lowest BCUT2D eigenvalue weighted by Gasteiger charge is -2.03. The Hall–Kier alpha value is -0.120. The van der Waals surface area contributed by atoms with Gasteiger partial charge >= 0.3 is 0 Å². The maximum absolute atomic E-state index is 13.0. The van der Waals surface area contributed by atoms with Crippen LogP contribution in [0, 0.1) is 5.82 Å². The largest absolute Gasteiger partial charge is 0.330 e. The molecule has 0 aliphatic carbocycles. The smallest absolute Gasteiger partial charge is 0.143 e. The minimum absolute atomic E-state index is 0.170. The van der Waals surface area contributed by atoms with Crippen LogP contribution < -0.4 is 5.73 Å². The highest BCUT2D eigenvalue weighted by Crippen LogP contribution is 2.24. The number of nitrogens with two attached hydrogens (primary N) is 1. The summed E-state index contributed by atoms with van der Waals surface area (Å²) in [6.07, 6.45) is 0.592. The van der Waals surface area contributed by atoms with Crippen LogP contribution in [0.25, 0.3) is 0 Å². The molecule has 2 N–H and O–H groups in total. The number of hydrogen-bond donors (Lipinski definition) is 1. The third-order valence-electron chi connectivity index (χ3n) is 1.48. The van der Waals surface area contributed by atoms with E-state index in [0.717, 1.165) is 5.56 Å². The number of rotatable bonds is 2. The molecule has 0 saturated carbocycles. The summed E-state index contributed by atoms with van der Waals surface area (Å²) in [5.74, 6) is -0.408. The van der Waals surface area contributed by atoms with E-state index >= 15 is 0 Å². The minimum atomic E-state index is -0.408. The summed E-state index contributed by atoms with van der Waals surface area (Å²) in [6.45, 7) is 0.468. The fraction of sp³-hybridized carbons (Fsp3) is 0.250. The van der Waals surface area contributed by atoms with Crippen molar-refractivity contribution in [3.8, 4) is 0 Å². The van der Waals surface area contributed by atoms with Gasteiger partial charge in [-0.3, -0.25) is 0 Å². The van der Waals surface area contributed by atoms with Crippen molar-refractivity contribution in [2.75, 3.05) is 6.54 Å². The van der Waals surface area contributed by atoms with Crippen molar-refractivity contribution < 1.29 is 4.39 Å². The molecule has 0 radical (unpaired) electrons. The summed E-state index contributed by atoms with van der Waals surface area (Å²) in [4.78, 5) is 0. The van der Waals surface area contributed by atoms with Crippen LogP contribution in [0.15, 0.2) is 16.6 Å². The zero-order valence-corrected chi connectivity index (χ0v) is 8.62. The average molecular weight is 253 g/mol. The quantitative estimate of drug-likeness (QED) is 0.805.